The van der Waals surface area contributed by atoms with Crippen molar-refractivity contribution in [2.45, 2.75) is 45.8 Å². The van der Waals surface area contributed by atoms with Gasteiger partial charge < -0.3 is 10.1 Å². The van der Waals surface area contributed by atoms with Gasteiger partial charge in [0.25, 0.3) is 5.91 Å². The van der Waals surface area contributed by atoms with Gasteiger partial charge in [0.2, 0.25) is 0 Å². The van der Waals surface area contributed by atoms with Crippen molar-refractivity contribution < 1.29 is 14.3 Å². The lowest BCUT2D eigenvalue weighted by atomic mass is 10.1. The molecule has 1 rings (SSSR count). The highest BCUT2D eigenvalue weighted by Gasteiger charge is 2.26. The molecule has 0 unspecified atom stereocenters. The third kappa shape index (κ3) is 6.62. The van der Waals surface area contributed by atoms with Gasteiger partial charge in [-0.15, -0.1) is 0 Å². The van der Waals surface area contributed by atoms with Gasteiger partial charge in [-0.05, 0) is 39.2 Å². The quantitative estimate of drug-likeness (QED) is 0.681. The molecule has 1 aromatic rings. The summed E-state index contributed by atoms with van der Waals surface area (Å²) in [5.74, 6) is 3.94. The van der Waals surface area contributed by atoms with Gasteiger partial charge in [-0.25, -0.2) is 4.79 Å². The van der Waals surface area contributed by atoms with Gasteiger partial charge in [-0.1, -0.05) is 36.3 Å². The van der Waals surface area contributed by atoms with E-state index in [4.69, 9.17) is 4.74 Å². The average molecular weight is 287 g/mol. The molecular formula is C17H21NO3. The standard InChI is InChI=1S/C17H21NO3/c1-5-9-15(19)18-14(16(20)21-17(2,3)4)12-13-10-7-6-8-11-13/h6-8,10-11,14H,12H2,1-4H3,(H,18,19)/t14-/m0/s1. The highest BCUT2D eigenvalue weighted by atomic mass is 16.6. The smallest absolute Gasteiger partial charge is 0.329 e. The van der Waals surface area contributed by atoms with E-state index in [0.717, 1.165) is 5.56 Å². The van der Waals surface area contributed by atoms with Gasteiger partial charge in [0, 0.05) is 6.42 Å². The van der Waals surface area contributed by atoms with Crippen molar-refractivity contribution >= 4 is 11.9 Å². The largest absolute Gasteiger partial charge is 0.458 e. The van der Waals surface area contributed by atoms with Crippen molar-refractivity contribution in [2.75, 3.05) is 0 Å². The van der Waals surface area contributed by atoms with Crippen LogP contribution in [0.2, 0.25) is 0 Å². The van der Waals surface area contributed by atoms with Crippen LogP contribution in [0.25, 0.3) is 0 Å². The van der Waals surface area contributed by atoms with Crippen molar-refractivity contribution in [2.24, 2.45) is 0 Å². The summed E-state index contributed by atoms with van der Waals surface area (Å²) >= 11 is 0. The number of carbonyl (C=O) groups excluding carboxylic acids is 2. The fourth-order valence-corrected chi connectivity index (χ4v) is 1.72. The number of carbonyl (C=O) groups is 2. The Morgan fingerprint density at radius 3 is 2.38 bits per heavy atom. The molecule has 1 atom stereocenters. The summed E-state index contributed by atoms with van der Waals surface area (Å²) in [5.41, 5.74) is 0.339. The number of rotatable bonds is 4. The second-order valence-corrected chi connectivity index (χ2v) is 5.62. The molecule has 0 bridgehead atoms. The van der Waals surface area contributed by atoms with Crippen LogP contribution in [-0.4, -0.2) is 23.5 Å². The topological polar surface area (TPSA) is 55.4 Å². The number of hydrogen-bond acceptors (Lipinski definition) is 3. The van der Waals surface area contributed by atoms with Gasteiger partial charge >= 0.3 is 5.97 Å². The van der Waals surface area contributed by atoms with Crippen molar-refractivity contribution in [3.8, 4) is 11.8 Å². The van der Waals surface area contributed by atoms with Crippen molar-refractivity contribution in [1.82, 2.24) is 5.32 Å². The van der Waals surface area contributed by atoms with Gasteiger partial charge in [-0.2, -0.15) is 0 Å². The minimum Gasteiger partial charge on any atom is -0.458 e. The van der Waals surface area contributed by atoms with E-state index in [1.54, 1.807) is 27.7 Å². The van der Waals surface area contributed by atoms with Crippen LogP contribution < -0.4 is 5.32 Å². The fraction of sp³-hybridized carbons (Fsp3) is 0.412. The van der Waals surface area contributed by atoms with E-state index in [1.807, 2.05) is 30.3 Å². The molecule has 0 aliphatic heterocycles. The van der Waals surface area contributed by atoms with Crippen LogP contribution in [0.5, 0.6) is 0 Å². The molecule has 4 heteroatoms. The molecule has 0 aromatic heterocycles. The Balaban J connectivity index is 2.85. The molecule has 0 fully saturated rings. The highest BCUT2D eigenvalue weighted by Crippen LogP contribution is 2.11. The number of amides is 1. The highest BCUT2D eigenvalue weighted by molar-refractivity contribution is 5.96. The summed E-state index contributed by atoms with van der Waals surface area (Å²) in [6.45, 7) is 6.94. The Morgan fingerprint density at radius 1 is 1.24 bits per heavy atom. The molecule has 0 saturated carbocycles. The summed E-state index contributed by atoms with van der Waals surface area (Å²) < 4.78 is 5.35. The lowest BCUT2D eigenvalue weighted by Gasteiger charge is -2.24. The Morgan fingerprint density at radius 2 is 1.86 bits per heavy atom. The summed E-state index contributed by atoms with van der Waals surface area (Å²) in [7, 11) is 0. The molecular weight excluding hydrogens is 266 g/mol. The Hall–Kier alpha value is -2.28. The maximum Gasteiger partial charge on any atom is 0.329 e. The maximum absolute atomic E-state index is 12.2. The van der Waals surface area contributed by atoms with E-state index < -0.39 is 23.5 Å². The monoisotopic (exact) mass is 287 g/mol. The second kappa shape index (κ2) is 7.49. The Labute approximate surface area is 125 Å². The van der Waals surface area contributed by atoms with Crippen LogP contribution in [0, 0.1) is 11.8 Å². The molecule has 0 saturated heterocycles. The van der Waals surface area contributed by atoms with Crippen LogP contribution in [0.1, 0.15) is 33.3 Å². The van der Waals surface area contributed by atoms with Crippen molar-refractivity contribution in [3.05, 3.63) is 35.9 Å². The first-order valence-corrected chi connectivity index (χ1v) is 6.82. The van der Waals surface area contributed by atoms with E-state index in [2.05, 4.69) is 17.2 Å². The average Bonchev–Trinajstić information content (AvgIpc) is 2.37. The van der Waals surface area contributed by atoms with E-state index in [0.29, 0.717) is 6.42 Å². The first kappa shape index (κ1) is 16.8. The number of nitrogens with one attached hydrogen (secondary N) is 1. The molecule has 0 heterocycles. The predicted octanol–water partition coefficient (Wildman–Crippen LogP) is 2.08. The zero-order chi connectivity index (χ0) is 15.9. The van der Waals surface area contributed by atoms with E-state index in [9.17, 15) is 9.59 Å². The molecule has 1 amide bonds. The lowest BCUT2D eigenvalue weighted by Crippen LogP contribution is -2.45. The summed E-state index contributed by atoms with van der Waals surface area (Å²) in [6.07, 6.45) is 0.368. The van der Waals surface area contributed by atoms with E-state index in [1.165, 1.54) is 0 Å². The molecule has 112 valence electrons. The normalized spacial score (nSPS) is 11.8. The Bertz CT molecular complexity index is 547. The molecule has 1 aromatic carbocycles. The van der Waals surface area contributed by atoms with Crippen LogP contribution >= 0.6 is 0 Å². The minimum atomic E-state index is -0.750. The zero-order valence-electron chi connectivity index (χ0n) is 12.9. The van der Waals surface area contributed by atoms with Gasteiger partial charge in [0.1, 0.15) is 11.6 Å². The third-order valence-electron chi connectivity index (χ3n) is 2.52. The van der Waals surface area contributed by atoms with Crippen molar-refractivity contribution in [3.63, 3.8) is 0 Å². The first-order valence-electron chi connectivity index (χ1n) is 6.82. The number of hydrogen-bond donors (Lipinski definition) is 1. The molecule has 4 nitrogen and oxygen atoms in total. The number of ether oxygens (including phenoxy) is 1. The predicted molar refractivity (Wildman–Crippen MR) is 81.4 cm³/mol. The zero-order valence-corrected chi connectivity index (χ0v) is 12.9. The van der Waals surface area contributed by atoms with Crippen LogP contribution in [0.4, 0.5) is 0 Å². The number of esters is 1. The summed E-state index contributed by atoms with van der Waals surface area (Å²) in [6, 6.07) is 8.71. The van der Waals surface area contributed by atoms with Gasteiger partial charge in [0.05, 0.1) is 0 Å². The molecule has 21 heavy (non-hydrogen) atoms. The van der Waals surface area contributed by atoms with Crippen LogP contribution in [0.15, 0.2) is 30.3 Å². The van der Waals surface area contributed by atoms with Crippen molar-refractivity contribution in [1.29, 1.82) is 0 Å². The van der Waals surface area contributed by atoms with Crippen LogP contribution in [0.3, 0.4) is 0 Å². The molecule has 0 radical (unpaired) electrons. The third-order valence-corrected chi connectivity index (χ3v) is 2.52. The first-order chi connectivity index (χ1) is 9.81. The minimum absolute atomic E-state index is 0.368. The summed E-state index contributed by atoms with van der Waals surface area (Å²) in [4.78, 5) is 23.8. The second-order valence-electron chi connectivity index (χ2n) is 5.62. The maximum atomic E-state index is 12.2. The molecule has 1 N–H and O–H groups in total. The molecule has 0 spiro atoms. The fourth-order valence-electron chi connectivity index (χ4n) is 1.72. The van der Waals surface area contributed by atoms with E-state index in [-0.39, 0.29) is 0 Å². The number of benzene rings is 1. The summed E-state index contributed by atoms with van der Waals surface area (Å²) in [5, 5.41) is 2.60. The van der Waals surface area contributed by atoms with Gasteiger partial charge in [0.15, 0.2) is 0 Å². The molecule has 0 aliphatic rings. The SMILES string of the molecule is CC#CC(=O)N[C@@H](Cc1ccccc1)C(=O)OC(C)(C)C. The molecule has 0 aliphatic carbocycles. The lowest BCUT2D eigenvalue weighted by molar-refractivity contribution is -0.158. The van der Waals surface area contributed by atoms with E-state index >= 15 is 0 Å². The Kier molecular flexibility index (Phi) is 5.98. The van der Waals surface area contributed by atoms with Gasteiger partial charge in [-0.3, -0.25) is 4.79 Å². The van der Waals surface area contributed by atoms with Crippen LogP contribution in [-0.2, 0) is 20.7 Å².